The van der Waals surface area contributed by atoms with E-state index in [1.165, 1.54) is 5.56 Å². The van der Waals surface area contributed by atoms with Gasteiger partial charge in [-0.25, -0.2) is 9.97 Å². The molecule has 1 amide bonds. The molecule has 0 bridgehead atoms. The lowest BCUT2D eigenvalue weighted by molar-refractivity contribution is 0.0766. The van der Waals surface area contributed by atoms with Gasteiger partial charge < -0.3 is 14.5 Å². The van der Waals surface area contributed by atoms with Crippen LogP contribution in [0.15, 0.2) is 55.0 Å². The van der Waals surface area contributed by atoms with Crippen LogP contribution in [0.3, 0.4) is 0 Å². The normalized spacial score (nSPS) is 16.0. The first-order chi connectivity index (χ1) is 14.8. The number of para-hydroxylation sites is 1. The lowest BCUT2D eigenvalue weighted by atomic mass is 10.0. The number of hydrogen-bond donors (Lipinski definition) is 0. The predicted molar refractivity (Wildman–Crippen MR) is 114 cm³/mol. The standard InChI is InChI=1S/C23H23N5O2/c29-22(27-11-3-12-28(14-13-27)23-24-9-2-10-25-23)18-6-7-20(26-16-18)19-5-1-4-17-8-15-30-21(17)19/h1-2,4-7,9-10,16H,3,8,11-15H2. The molecule has 5 rings (SSSR count). The zero-order valence-corrected chi connectivity index (χ0v) is 16.7. The van der Waals surface area contributed by atoms with Crippen LogP contribution in [0.4, 0.5) is 5.95 Å². The Balaban J connectivity index is 1.29. The van der Waals surface area contributed by atoms with E-state index in [0.29, 0.717) is 25.3 Å². The molecule has 4 heterocycles. The number of pyridine rings is 1. The van der Waals surface area contributed by atoms with Crippen molar-refractivity contribution in [3.63, 3.8) is 0 Å². The first-order valence-corrected chi connectivity index (χ1v) is 10.3. The largest absolute Gasteiger partial charge is 0.492 e. The van der Waals surface area contributed by atoms with Crippen LogP contribution < -0.4 is 9.64 Å². The van der Waals surface area contributed by atoms with E-state index in [1.54, 1.807) is 18.6 Å². The van der Waals surface area contributed by atoms with Crippen LogP contribution >= 0.6 is 0 Å². The average Bonchev–Trinajstić information content (AvgIpc) is 3.16. The van der Waals surface area contributed by atoms with Gasteiger partial charge in [0.2, 0.25) is 5.95 Å². The first-order valence-electron chi connectivity index (χ1n) is 10.3. The van der Waals surface area contributed by atoms with Gasteiger partial charge in [-0.05, 0) is 36.2 Å². The van der Waals surface area contributed by atoms with Gasteiger partial charge in [0.1, 0.15) is 5.75 Å². The fourth-order valence-corrected chi connectivity index (χ4v) is 4.05. The highest BCUT2D eigenvalue weighted by Crippen LogP contribution is 2.35. The van der Waals surface area contributed by atoms with E-state index in [1.807, 2.05) is 35.2 Å². The Morgan fingerprint density at radius 1 is 0.933 bits per heavy atom. The van der Waals surface area contributed by atoms with Gasteiger partial charge in [-0.15, -0.1) is 0 Å². The highest BCUT2D eigenvalue weighted by atomic mass is 16.5. The molecule has 0 unspecified atom stereocenters. The number of hydrogen-bond acceptors (Lipinski definition) is 6. The summed E-state index contributed by atoms with van der Waals surface area (Å²) in [6.07, 6.45) is 6.98. The molecule has 1 saturated heterocycles. The third kappa shape index (κ3) is 3.58. The number of rotatable bonds is 3. The summed E-state index contributed by atoms with van der Waals surface area (Å²) in [4.78, 5) is 30.3. The van der Waals surface area contributed by atoms with Crippen LogP contribution in [0.5, 0.6) is 5.75 Å². The molecule has 0 saturated carbocycles. The molecule has 0 atom stereocenters. The van der Waals surface area contributed by atoms with E-state index < -0.39 is 0 Å². The van der Waals surface area contributed by atoms with Gasteiger partial charge in [0.25, 0.3) is 5.91 Å². The highest BCUT2D eigenvalue weighted by Gasteiger charge is 2.22. The minimum absolute atomic E-state index is 0.0134. The van der Waals surface area contributed by atoms with Crippen molar-refractivity contribution < 1.29 is 9.53 Å². The van der Waals surface area contributed by atoms with E-state index in [4.69, 9.17) is 4.74 Å². The van der Waals surface area contributed by atoms with Crippen LogP contribution in [-0.2, 0) is 6.42 Å². The lowest BCUT2D eigenvalue weighted by Gasteiger charge is -2.22. The second-order valence-electron chi connectivity index (χ2n) is 7.51. The van der Waals surface area contributed by atoms with E-state index in [0.717, 1.165) is 48.9 Å². The SMILES string of the molecule is O=C(c1ccc(-c2cccc3c2OCC3)nc1)N1CCCN(c2ncccn2)CC1. The summed E-state index contributed by atoms with van der Waals surface area (Å²) in [5.41, 5.74) is 3.63. The molecule has 2 aliphatic heterocycles. The second kappa shape index (κ2) is 8.10. The van der Waals surface area contributed by atoms with Gasteiger partial charge in [-0.2, -0.15) is 0 Å². The van der Waals surface area contributed by atoms with Gasteiger partial charge in [0.15, 0.2) is 0 Å². The highest BCUT2D eigenvalue weighted by molar-refractivity contribution is 5.94. The summed E-state index contributed by atoms with van der Waals surface area (Å²) in [6, 6.07) is 11.7. The zero-order valence-electron chi connectivity index (χ0n) is 16.7. The first kappa shape index (κ1) is 18.5. The maximum absolute atomic E-state index is 13.0. The van der Waals surface area contributed by atoms with Crippen LogP contribution in [0.2, 0.25) is 0 Å². The number of aromatic nitrogens is 3. The number of fused-ring (bicyclic) bond motifs is 1. The Labute approximate surface area is 175 Å². The monoisotopic (exact) mass is 401 g/mol. The van der Waals surface area contributed by atoms with Crippen LogP contribution in [0, 0.1) is 0 Å². The number of anilines is 1. The Morgan fingerprint density at radius 2 is 1.83 bits per heavy atom. The molecule has 152 valence electrons. The lowest BCUT2D eigenvalue weighted by Crippen LogP contribution is -2.35. The van der Waals surface area contributed by atoms with Crippen molar-refractivity contribution in [2.24, 2.45) is 0 Å². The van der Waals surface area contributed by atoms with Gasteiger partial charge in [-0.3, -0.25) is 9.78 Å². The Morgan fingerprint density at radius 3 is 2.67 bits per heavy atom. The summed E-state index contributed by atoms with van der Waals surface area (Å²) < 4.78 is 5.79. The third-order valence-corrected chi connectivity index (χ3v) is 5.62. The fourth-order valence-electron chi connectivity index (χ4n) is 4.05. The summed E-state index contributed by atoms with van der Waals surface area (Å²) >= 11 is 0. The maximum Gasteiger partial charge on any atom is 0.255 e. The fraction of sp³-hybridized carbons (Fsp3) is 0.304. The van der Waals surface area contributed by atoms with Crippen LogP contribution in [0.25, 0.3) is 11.3 Å². The van der Waals surface area contributed by atoms with Gasteiger partial charge in [0.05, 0.1) is 17.9 Å². The van der Waals surface area contributed by atoms with Crippen molar-refractivity contribution >= 4 is 11.9 Å². The van der Waals surface area contributed by atoms with Gasteiger partial charge in [0, 0.05) is 56.8 Å². The molecule has 3 aromatic rings. The minimum atomic E-state index is 0.0134. The predicted octanol–water partition coefficient (Wildman–Crippen LogP) is 2.83. The maximum atomic E-state index is 13.0. The molecule has 2 aromatic heterocycles. The van der Waals surface area contributed by atoms with Crippen molar-refractivity contribution in [2.45, 2.75) is 12.8 Å². The average molecular weight is 401 g/mol. The third-order valence-electron chi connectivity index (χ3n) is 5.62. The van der Waals surface area contributed by atoms with Crippen molar-refractivity contribution in [3.8, 4) is 17.0 Å². The molecular weight excluding hydrogens is 378 g/mol. The summed E-state index contributed by atoms with van der Waals surface area (Å²) in [6.45, 7) is 3.62. The number of amides is 1. The summed E-state index contributed by atoms with van der Waals surface area (Å²) in [7, 11) is 0. The smallest absolute Gasteiger partial charge is 0.255 e. The molecular formula is C23H23N5O2. The van der Waals surface area contributed by atoms with E-state index in [9.17, 15) is 4.79 Å². The Kier molecular flexibility index (Phi) is 5.01. The van der Waals surface area contributed by atoms with Crippen molar-refractivity contribution in [2.75, 3.05) is 37.7 Å². The van der Waals surface area contributed by atoms with Crippen LogP contribution in [0.1, 0.15) is 22.3 Å². The van der Waals surface area contributed by atoms with Gasteiger partial charge in [-0.1, -0.05) is 12.1 Å². The van der Waals surface area contributed by atoms with Gasteiger partial charge >= 0.3 is 0 Å². The van der Waals surface area contributed by atoms with Crippen molar-refractivity contribution in [3.05, 3.63) is 66.1 Å². The van der Waals surface area contributed by atoms with E-state index in [-0.39, 0.29) is 5.91 Å². The molecule has 0 spiro atoms. The zero-order chi connectivity index (χ0) is 20.3. The van der Waals surface area contributed by atoms with Crippen LogP contribution in [-0.4, -0.2) is 58.5 Å². The summed E-state index contributed by atoms with van der Waals surface area (Å²) in [5.74, 6) is 1.65. The van der Waals surface area contributed by atoms with E-state index in [2.05, 4.69) is 25.9 Å². The second-order valence-corrected chi connectivity index (χ2v) is 7.51. The number of benzene rings is 1. The topological polar surface area (TPSA) is 71.5 Å². The number of carbonyl (C=O) groups is 1. The molecule has 0 aliphatic carbocycles. The number of nitrogens with zero attached hydrogens (tertiary/aromatic N) is 5. The summed E-state index contributed by atoms with van der Waals surface area (Å²) in [5, 5.41) is 0. The molecule has 7 heteroatoms. The quantitative estimate of drug-likeness (QED) is 0.672. The van der Waals surface area contributed by atoms with E-state index >= 15 is 0 Å². The molecule has 0 N–H and O–H groups in total. The molecule has 1 fully saturated rings. The minimum Gasteiger partial charge on any atom is -0.492 e. The Bertz CT molecular complexity index is 1040. The van der Waals surface area contributed by atoms with Crippen molar-refractivity contribution in [1.82, 2.24) is 19.9 Å². The molecule has 1 aromatic carbocycles. The Hall–Kier alpha value is -3.48. The molecule has 0 radical (unpaired) electrons. The number of ether oxygens (including phenoxy) is 1. The number of carbonyl (C=O) groups excluding carboxylic acids is 1. The molecule has 7 nitrogen and oxygen atoms in total. The molecule has 2 aliphatic rings. The molecule has 30 heavy (non-hydrogen) atoms. The van der Waals surface area contributed by atoms with Crippen molar-refractivity contribution in [1.29, 1.82) is 0 Å².